The summed E-state index contributed by atoms with van der Waals surface area (Å²) in [7, 11) is 1.55. The summed E-state index contributed by atoms with van der Waals surface area (Å²) in [5, 5.41) is 13.9. The molecule has 9 nitrogen and oxygen atoms in total. The first kappa shape index (κ1) is 32.2. The zero-order valence-electron chi connectivity index (χ0n) is 27.0. The minimum atomic E-state index is -0.940. The van der Waals surface area contributed by atoms with Crippen molar-refractivity contribution in [1.82, 2.24) is 4.90 Å². The molecule has 2 N–H and O–H groups in total. The first-order chi connectivity index (χ1) is 21.6. The van der Waals surface area contributed by atoms with Crippen molar-refractivity contribution in [1.29, 1.82) is 0 Å². The molecule has 1 fully saturated rings. The van der Waals surface area contributed by atoms with Gasteiger partial charge in [-0.05, 0) is 72.2 Å². The smallest absolute Gasteiger partial charge is 0.309 e. The lowest BCUT2D eigenvalue weighted by Gasteiger charge is -2.27. The molecule has 45 heavy (non-hydrogen) atoms. The number of anilines is 1. The molecule has 3 aromatic rings. The molecule has 0 aromatic heterocycles. The normalized spacial score (nSPS) is 19.1. The highest BCUT2D eigenvalue weighted by molar-refractivity contribution is 5.94. The SMILES string of the molecule is CCc1cc(C)cc(CC)c1NC(=O)CN1C[C@H](c2cc(OC)c3c(c2)OCO3)C(C(=O)O)[C@@H]1c1ccc(OCC(C)C)cc1. The second kappa shape index (κ2) is 13.8. The number of carboxylic acid groups (broad SMARTS) is 1. The van der Waals surface area contributed by atoms with E-state index in [0.29, 0.717) is 36.3 Å². The molecule has 0 aliphatic carbocycles. The van der Waals surface area contributed by atoms with Gasteiger partial charge in [-0.25, -0.2) is 0 Å². The van der Waals surface area contributed by atoms with Gasteiger partial charge in [0.25, 0.3) is 0 Å². The third-order valence-electron chi connectivity index (χ3n) is 8.62. The van der Waals surface area contributed by atoms with E-state index in [2.05, 4.69) is 52.1 Å². The number of hydrogen-bond acceptors (Lipinski definition) is 7. The van der Waals surface area contributed by atoms with E-state index in [-0.39, 0.29) is 19.2 Å². The number of carbonyl (C=O) groups excluding carboxylic acids is 1. The predicted octanol–water partition coefficient (Wildman–Crippen LogP) is 6.37. The quantitative estimate of drug-likeness (QED) is 0.242. The zero-order chi connectivity index (χ0) is 32.2. The summed E-state index contributed by atoms with van der Waals surface area (Å²) in [5.41, 5.74) is 5.75. The molecular formula is C36H44N2O7. The van der Waals surface area contributed by atoms with Crippen LogP contribution in [0.1, 0.15) is 67.5 Å². The van der Waals surface area contributed by atoms with Crippen LogP contribution in [0.4, 0.5) is 5.69 Å². The fourth-order valence-corrected chi connectivity index (χ4v) is 6.54. The molecule has 0 bridgehead atoms. The van der Waals surface area contributed by atoms with Crippen LogP contribution >= 0.6 is 0 Å². The number of hydrogen-bond donors (Lipinski definition) is 2. The van der Waals surface area contributed by atoms with Crippen LogP contribution in [-0.2, 0) is 22.4 Å². The third-order valence-corrected chi connectivity index (χ3v) is 8.62. The fourth-order valence-electron chi connectivity index (χ4n) is 6.54. The van der Waals surface area contributed by atoms with Crippen LogP contribution in [0.25, 0.3) is 0 Å². The highest BCUT2D eigenvalue weighted by Gasteiger charge is 2.48. The van der Waals surface area contributed by atoms with E-state index < -0.39 is 23.8 Å². The summed E-state index contributed by atoms with van der Waals surface area (Å²) in [6.07, 6.45) is 1.58. The van der Waals surface area contributed by atoms with Gasteiger partial charge in [-0.3, -0.25) is 14.5 Å². The molecule has 0 radical (unpaired) electrons. The number of methoxy groups -OCH3 is 1. The van der Waals surface area contributed by atoms with Gasteiger partial charge in [0.1, 0.15) is 5.75 Å². The number of carbonyl (C=O) groups is 2. The van der Waals surface area contributed by atoms with Gasteiger partial charge in [-0.2, -0.15) is 0 Å². The Balaban J connectivity index is 1.50. The van der Waals surface area contributed by atoms with Crippen LogP contribution < -0.4 is 24.3 Å². The van der Waals surface area contributed by atoms with E-state index >= 15 is 0 Å². The summed E-state index contributed by atoms with van der Waals surface area (Å²) in [5.74, 6) is 0.194. The van der Waals surface area contributed by atoms with Crippen molar-refractivity contribution in [2.45, 2.75) is 59.4 Å². The minimum Gasteiger partial charge on any atom is -0.493 e. The van der Waals surface area contributed by atoms with Crippen molar-refractivity contribution >= 4 is 17.6 Å². The Morgan fingerprint density at radius 3 is 2.31 bits per heavy atom. The third kappa shape index (κ3) is 6.88. The summed E-state index contributed by atoms with van der Waals surface area (Å²) in [4.78, 5) is 28.8. The number of aliphatic carboxylic acids is 1. The van der Waals surface area contributed by atoms with Crippen molar-refractivity contribution in [2.24, 2.45) is 11.8 Å². The first-order valence-corrected chi connectivity index (χ1v) is 15.7. The van der Waals surface area contributed by atoms with Gasteiger partial charge in [-0.15, -0.1) is 0 Å². The van der Waals surface area contributed by atoms with Crippen LogP contribution in [0, 0.1) is 18.8 Å². The maximum absolute atomic E-state index is 13.8. The van der Waals surface area contributed by atoms with Crippen LogP contribution in [0.5, 0.6) is 23.0 Å². The van der Waals surface area contributed by atoms with Crippen molar-refractivity contribution < 1.29 is 33.6 Å². The molecule has 0 saturated carbocycles. The number of ether oxygens (including phenoxy) is 4. The van der Waals surface area contributed by atoms with Crippen LogP contribution in [-0.4, -0.2) is 55.5 Å². The molecule has 5 rings (SSSR count). The van der Waals surface area contributed by atoms with E-state index in [1.807, 2.05) is 41.3 Å². The fraction of sp³-hybridized carbons (Fsp3) is 0.444. The number of fused-ring (bicyclic) bond motifs is 1. The maximum atomic E-state index is 13.8. The average Bonchev–Trinajstić information content (AvgIpc) is 3.65. The second-order valence-corrected chi connectivity index (χ2v) is 12.3. The summed E-state index contributed by atoms with van der Waals surface area (Å²) < 4.78 is 22.7. The Labute approximate surface area is 265 Å². The highest BCUT2D eigenvalue weighted by atomic mass is 16.7. The van der Waals surface area contributed by atoms with E-state index in [1.165, 1.54) is 0 Å². The van der Waals surface area contributed by atoms with Gasteiger partial charge in [0.2, 0.25) is 18.4 Å². The van der Waals surface area contributed by atoms with Gasteiger partial charge < -0.3 is 29.4 Å². The van der Waals surface area contributed by atoms with Crippen LogP contribution in [0.15, 0.2) is 48.5 Å². The molecule has 3 aromatic carbocycles. The first-order valence-electron chi connectivity index (χ1n) is 15.7. The average molecular weight is 617 g/mol. The van der Waals surface area contributed by atoms with Gasteiger partial charge in [0, 0.05) is 24.2 Å². The molecular weight excluding hydrogens is 572 g/mol. The zero-order valence-corrected chi connectivity index (χ0v) is 27.0. The monoisotopic (exact) mass is 616 g/mol. The standard InChI is InChI=1S/C36H44N2O7/c1-7-23-13-22(5)14-24(8-2)33(23)37-31(39)18-38-17-28(26-15-29(42-6)35-30(16-26)44-20-45-35)32(36(40)41)34(38)25-9-11-27(12-10-25)43-19-21(3)4/h9-16,21,28,32,34H,7-8,17-20H2,1-6H3,(H,37,39)(H,40,41)/t28-,32?,34+/m1/s1. The molecule has 1 amide bonds. The van der Waals surface area contributed by atoms with E-state index in [4.69, 9.17) is 18.9 Å². The molecule has 2 heterocycles. The lowest BCUT2D eigenvalue weighted by atomic mass is 9.82. The Kier molecular flexibility index (Phi) is 9.87. The number of benzene rings is 3. The lowest BCUT2D eigenvalue weighted by Crippen LogP contribution is -2.35. The van der Waals surface area contributed by atoms with Gasteiger partial charge in [-0.1, -0.05) is 57.5 Å². The summed E-state index contributed by atoms with van der Waals surface area (Å²) in [6.45, 7) is 11.4. The number of amides is 1. The molecule has 9 heteroatoms. The summed E-state index contributed by atoms with van der Waals surface area (Å²) in [6, 6.07) is 14.9. The Hall–Kier alpha value is -4.24. The Morgan fingerprint density at radius 2 is 1.71 bits per heavy atom. The number of likely N-dealkylation sites (tertiary alicyclic amines) is 1. The van der Waals surface area contributed by atoms with Gasteiger partial charge >= 0.3 is 5.97 Å². The predicted molar refractivity (Wildman–Crippen MR) is 173 cm³/mol. The number of nitrogens with one attached hydrogen (secondary N) is 1. The van der Waals surface area contributed by atoms with Crippen molar-refractivity contribution in [3.05, 3.63) is 76.3 Å². The minimum absolute atomic E-state index is 0.0262. The van der Waals surface area contributed by atoms with Crippen molar-refractivity contribution in [2.75, 3.05) is 38.9 Å². The number of aryl methyl sites for hydroxylation is 3. The van der Waals surface area contributed by atoms with Gasteiger partial charge in [0.05, 0.1) is 26.2 Å². The molecule has 240 valence electrons. The molecule has 3 atom stereocenters. The Bertz CT molecular complexity index is 1510. The van der Waals surface area contributed by atoms with Gasteiger partial charge in [0.15, 0.2) is 11.5 Å². The molecule has 2 aliphatic rings. The van der Waals surface area contributed by atoms with E-state index in [0.717, 1.165) is 52.1 Å². The maximum Gasteiger partial charge on any atom is 0.309 e. The molecule has 0 spiro atoms. The Morgan fingerprint density at radius 1 is 1.02 bits per heavy atom. The topological polar surface area (TPSA) is 107 Å². The van der Waals surface area contributed by atoms with Crippen molar-refractivity contribution in [3.63, 3.8) is 0 Å². The molecule has 2 aliphatic heterocycles. The van der Waals surface area contributed by atoms with E-state index in [1.54, 1.807) is 7.11 Å². The lowest BCUT2D eigenvalue weighted by molar-refractivity contribution is -0.143. The number of nitrogens with zero attached hydrogens (tertiary/aromatic N) is 1. The van der Waals surface area contributed by atoms with E-state index in [9.17, 15) is 14.7 Å². The van der Waals surface area contributed by atoms with Crippen molar-refractivity contribution in [3.8, 4) is 23.0 Å². The largest absolute Gasteiger partial charge is 0.493 e. The number of carboxylic acids is 1. The molecule has 1 unspecified atom stereocenters. The van der Waals surface area contributed by atoms with Crippen LogP contribution in [0.3, 0.4) is 0 Å². The highest BCUT2D eigenvalue weighted by Crippen LogP contribution is 2.50. The molecule has 1 saturated heterocycles. The second-order valence-electron chi connectivity index (χ2n) is 12.3. The van der Waals surface area contributed by atoms with Crippen LogP contribution in [0.2, 0.25) is 0 Å². The number of rotatable bonds is 12. The summed E-state index contributed by atoms with van der Waals surface area (Å²) >= 11 is 0.